The molecule has 2 fully saturated rings. The zero-order valence-corrected chi connectivity index (χ0v) is 26.4. The number of piperidine rings is 1. The molecule has 0 aromatic heterocycles. The van der Waals surface area contributed by atoms with Gasteiger partial charge in [-0.3, -0.25) is 4.79 Å². The highest BCUT2D eigenvalue weighted by molar-refractivity contribution is 5.87. The van der Waals surface area contributed by atoms with E-state index in [1.165, 1.54) is 5.56 Å². The molecule has 0 saturated carbocycles. The molecule has 1 spiro atoms. The SMILES string of the molecule is O=C(O)CC1(c2ccc(OCc3ccc(CN4c5ccccc5C5(CCNCC5)[C@@H]4C(=O)OCc4ccccc4)cc3)cc2)COC1. The van der Waals surface area contributed by atoms with Crippen LogP contribution < -0.4 is 15.0 Å². The number of nitrogens with one attached hydrogen (secondary N) is 1. The number of carboxylic acids is 1. The van der Waals surface area contributed by atoms with E-state index in [2.05, 4.69) is 58.7 Å². The van der Waals surface area contributed by atoms with Crippen molar-refractivity contribution in [2.24, 2.45) is 0 Å². The van der Waals surface area contributed by atoms with Crippen LogP contribution in [0.15, 0.2) is 103 Å². The fraction of sp³-hybridized carbons (Fsp3) is 0.333. The van der Waals surface area contributed by atoms with Gasteiger partial charge in [0.05, 0.1) is 25.0 Å². The smallest absolute Gasteiger partial charge is 0.330 e. The molecule has 0 radical (unpaired) electrons. The average molecular weight is 633 g/mol. The standard InChI is InChI=1S/C39H40N2O6/c42-35(43)22-38(26-45-27-38)31-14-16-32(17-15-31)46-24-30-12-10-28(11-13-30)23-41-34-9-5-4-8-33(34)39(18-20-40-21-19-39)36(41)37(44)47-25-29-6-2-1-3-7-29/h1-17,36,40H,18-27H2,(H,42,43)/t36-/m0/s1. The van der Waals surface area contributed by atoms with Crippen molar-refractivity contribution < 1.29 is 28.9 Å². The molecule has 8 heteroatoms. The molecule has 0 amide bonds. The van der Waals surface area contributed by atoms with E-state index in [0.29, 0.717) is 26.4 Å². The third-order valence-corrected chi connectivity index (χ3v) is 10.0. The number of aliphatic carboxylic acids is 1. The first kappa shape index (κ1) is 31.0. The van der Waals surface area contributed by atoms with Gasteiger partial charge in [-0.05, 0) is 71.9 Å². The number of hydrogen-bond donors (Lipinski definition) is 2. The van der Waals surface area contributed by atoms with Crippen LogP contribution in [0.4, 0.5) is 5.69 Å². The lowest BCUT2D eigenvalue weighted by atomic mass is 9.70. The minimum Gasteiger partial charge on any atom is -0.489 e. The van der Waals surface area contributed by atoms with E-state index in [-0.39, 0.29) is 24.4 Å². The first-order chi connectivity index (χ1) is 23.0. The summed E-state index contributed by atoms with van der Waals surface area (Å²) in [6.45, 7) is 3.80. The third kappa shape index (κ3) is 6.23. The van der Waals surface area contributed by atoms with E-state index < -0.39 is 17.4 Å². The number of carboxylic acid groups (broad SMARTS) is 1. The predicted octanol–water partition coefficient (Wildman–Crippen LogP) is 5.76. The molecular weight excluding hydrogens is 592 g/mol. The number of hydrogen-bond acceptors (Lipinski definition) is 7. The number of fused-ring (bicyclic) bond motifs is 2. The number of para-hydroxylation sites is 1. The Balaban J connectivity index is 1.05. The van der Waals surface area contributed by atoms with Gasteiger partial charge in [-0.2, -0.15) is 0 Å². The molecule has 2 saturated heterocycles. The summed E-state index contributed by atoms with van der Waals surface area (Å²) < 4.78 is 17.5. The van der Waals surface area contributed by atoms with Crippen molar-refractivity contribution in [1.82, 2.24) is 5.32 Å². The second-order valence-electron chi connectivity index (χ2n) is 13.0. The Kier molecular flexibility index (Phi) is 8.71. The van der Waals surface area contributed by atoms with Crippen LogP contribution >= 0.6 is 0 Å². The maximum atomic E-state index is 14.0. The lowest BCUT2D eigenvalue weighted by Gasteiger charge is -2.40. The number of nitrogens with zero attached hydrogens (tertiary/aromatic N) is 1. The van der Waals surface area contributed by atoms with Gasteiger partial charge in [-0.15, -0.1) is 0 Å². The molecule has 2 N–H and O–H groups in total. The van der Waals surface area contributed by atoms with E-state index >= 15 is 0 Å². The van der Waals surface area contributed by atoms with Crippen LogP contribution in [0.25, 0.3) is 0 Å². The number of carbonyl (C=O) groups is 2. The molecule has 4 aromatic rings. The van der Waals surface area contributed by atoms with Crippen LogP contribution in [0.1, 0.15) is 47.1 Å². The van der Waals surface area contributed by atoms with Crippen molar-refractivity contribution in [3.63, 3.8) is 0 Å². The Morgan fingerprint density at radius 2 is 1.47 bits per heavy atom. The van der Waals surface area contributed by atoms with Gasteiger partial charge in [-0.1, -0.05) is 84.9 Å². The minimum absolute atomic E-state index is 0.0520. The van der Waals surface area contributed by atoms with Crippen molar-refractivity contribution in [3.05, 3.63) is 131 Å². The summed E-state index contributed by atoms with van der Waals surface area (Å²) in [7, 11) is 0. The summed E-state index contributed by atoms with van der Waals surface area (Å²) in [6, 6.07) is 33.9. The molecular formula is C39H40N2O6. The van der Waals surface area contributed by atoms with E-state index in [0.717, 1.165) is 59.6 Å². The van der Waals surface area contributed by atoms with Gasteiger partial charge in [0.1, 0.15) is 25.0 Å². The number of esters is 1. The van der Waals surface area contributed by atoms with E-state index in [1.807, 2.05) is 54.6 Å². The predicted molar refractivity (Wildman–Crippen MR) is 178 cm³/mol. The van der Waals surface area contributed by atoms with Crippen LogP contribution in [0.3, 0.4) is 0 Å². The monoisotopic (exact) mass is 632 g/mol. The van der Waals surface area contributed by atoms with Crippen molar-refractivity contribution in [3.8, 4) is 5.75 Å². The Morgan fingerprint density at radius 1 is 0.809 bits per heavy atom. The fourth-order valence-corrected chi connectivity index (χ4v) is 7.50. The molecule has 3 aliphatic rings. The van der Waals surface area contributed by atoms with Crippen molar-refractivity contribution >= 4 is 17.6 Å². The van der Waals surface area contributed by atoms with Crippen molar-refractivity contribution in [2.45, 2.75) is 55.9 Å². The largest absolute Gasteiger partial charge is 0.489 e. The van der Waals surface area contributed by atoms with Crippen LogP contribution in [0, 0.1) is 0 Å². The van der Waals surface area contributed by atoms with E-state index in [1.54, 1.807) is 0 Å². The summed E-state index contributed by atoms with van der Waals surface area (Å²) >= 11 is 0. The number of carbonyl (C=O) groups excluding carboxylic acids is 1. The average Bonchev–Trinajstić information content (AvgIpc) is 3.34. The Bertz CT molecular complexity index is 1700. The van der Waals surface area contributed by atoms with Gasteiger partial charge in [0, 0.05) is 17.6 Å². The normalized spacial score (nSPS) is 19.1. The highest BCUT2D eigenvalue weighted by Gasteiger charge is 2.55. The van der Waals surface area contributed by atoms with Gasteiger partial charge in [0.25, 0.3) is 0 Å². The maximum absolute atomic E-state index is 14.0. The lowest BCUT2D eigenvalue weighted by Crippen LogP contribution is -2.54. The van der Waals surface area contributed by atoms with E-state index in [9.17, 15) is 14.7 Å². The number of anilines is 1. The van der Waals surface area contributed by atoms with Gasteiger partial charge in [0.15, 0.2) is 0 Å². The van der Waals surface area contributed by atoms with Gasteiger partial charge in [-0.25, -0.2) is 4.79 Å². The number of rotatable bonds is 11. The van der Waals surface area contributed by atoms with Gasteiger partial charge in [0.2, 0.25) is 0 Å². The first-order valence-electron chi connectivity index (χ1n) is 16.3. The second kappa shape index (κ2) is 13.2. The molecule has 7 rings (SSSR count). The molecule has 0 unspecified atom stereocenters. The van der Waals surface area contributed by atoms with Gasteiger partial charge >= 0.3 is 11.9 Å². The van der Waals surface area contributed by atoms with E-state index in [4.69, 9.17) is 14.2 Å². The number of ether oxygens (including phenoxy) is 3. The van der Waals surface area contributed by atoms with Crippen molar-refractivity contribution in [2.75, 3.05) is 31.2 Å². The number of benzene rings is 4. The van der Waals surface area contributed by atoms with Crippen LogP contribution in [-0.4, -0.2) is 49.4 Å². The van der Waals surface area contributed by atoms with Crippen LogP contribution in [0.2, 0.25) is 0 Å². The molecule has 0 bridgehead atoms. The molecule has 3 heterocycles. The zero-order chi connectivity index (χ0) is 32.3. The minimum atomic E-state index is -0.824. The third-order valence-electron chi connectivity index (χ3n) is 10.0. The van der Waals surface area contributed by atoms with Gasteiger partial charge < -0.3 is 29.5 Å². The topological polar surface area (TPSA) is 97.3 Å². The second-order valence-corrected chi connectivity index (χ2v) is 13.0. The fourth-order valence-electron chi connectivity index (χ4n) is 7.50. The maximum Gasteiger partial charge on any atom is 0.330 e. The molecule has 1 atom stereocenters. The highest BCUT2D eigenvalue weighted by atomic mass is 16.5. The highest BCUT2D eigenvalue weighted by Crippen LogP contribution is 2.51. The zero-order valence-electron chi connectivity index (χ0n) is 26.4. The summed E-state index contributed by atoms with van der Waals surface area (Å²) in [6.07, 6.45) is 1.80. The Hall–Kier alpha value is -4.66. The van der Waals surface area contributed by atoms with Crippen LogP contribution in [-0.2, 0) is 49.7 Å². The molecule has 47 heavy (non-hydrogen) atoms. The van der Waals surface area contributed by atoms with Crippen molar-refractivity contribution in [1.29, 1.82) is 0 Å². The Labute approximate surface area is 275 Å². The molecule has 4 aromatic carbocycles. The summed E-state index contributed by atoms with van der Waals surface area (Å²) in [5.41, 5.74) is 5.64. The molecule has 3 aliphatic heterocycles. The molecule has 0 aliphatic carbocycles. The first-order valence-corrected chi connectivity index (χ1v) is 16.3. The molecule has 242 valence electrons. The summed E-state index contributed by atoms with van der Waals surface area (Å²) in [4.78, 5) is 27.7. The quantitative estimate of drug-likeness (QED) is 0.202. The summed E-state index contributed by atoms with van der Waals surface area (Å²) in [5, 5.41) is 12.8. The summed E-state index contributed by atoms with van der Waals surface area (Å²) in [5.74, 6) is -0.279. The van der Waals surface area contributed by atoms with Crippen LogP contribution in [0.5, 0.6) is 5.75 Å². The Morgan fingerprint density at radius 3 is 2.15 bits per heavy atom. The lowest BCUT2D eigenvalue weighted by molar-refractivity contribution is -0.149. The molecule has 8 nitrogen and oxygen atoms in total.